The molecular formula is C12H14Cl2N4O2S. The zero-order chi connectivity index (χ0) is 15.6. The summed E-state index contributed by atoms with van der Waals surface area (Å²) in [5.74, 6) is 0. The third kappa shape index (κ3) is 3.74. The minimum atomic E-state index is -3.71. The normalized spacial score (nSPS) is 11.8. The predicted octanol–water partition coefficient (Wildman–Crippen LogP) is 2.16. The van der Waals surface area contributed by atoms with Crippen molar-refractivity contribution in [1.82, 2.24) is 19.5 Å². The fraction of sp³-hybridized carbons (Fsp3) is 0.333. The van der Waals surface area contributed by atoms with E-state index in [-0.39, 0.29) is 21.6 Å². The van der Waals surface area contributed by atoms with Crippen LogP contribution in [0, 0.1) is 0 Å². The van der Waals surface area contributed by atoms with Gasteiger partial charge in [-0.3, -0.25) is 4.68 Å². The second-order valence-electron chi connectivity index (χ2n) is 4.40. The van der Waals surface area contributed by atoms with Crippen LogP contribution in [0.3, 0.4) is 0 Å². The fourth-order valence-electron chi connectivity index (χ4n) is 1.84. The average molecular weight is 349 g/mol. The Morgan fingerprint density at radius 2 is 2.10 bits per heavy atom. The van der Waals surface area contributed by atoms with Gasteiger partial charge in [-0.1, -0.05) is 30.1 Å². The summed E-state index contributed by atoms with van der Waals surface area (Å²) < 4.78 is 28.6. The zero-order valence-electron chi connectivity index (χ0n) is 11.5. The molecule has 2 rings (SSSR count). The Morgan fingerprint density at radius 3 is 2.71 bits per heavy atom. The molecule has 9 heteroatoms. The highest BCUT2D eigenvalue weighted by molar-refractivity contribution is 7.89. The minimum Gasteiger partial charge on any atom is -0.275 e. The van der Waals surface area contributed by atoms with Gasteiger partial charge in [0.25, 0.3) is 0 Å². The lowest BCUT2D eigenvalue weighted by molar-refractivity contribution is 0.580. The molecule has 0 radical (unpaired) electrons. The van der Waals surface area contributed by atoms with E-state index in [1.165, 1.54) is 12.3 Å². The van der Waals surface area contributed by atoms with E-state index < -0.39 is 10.0 Å². The summed E-state index contributed by atoms with van der Waals surface area (Å²) in [6.45, 7) is 2.11. The number of hydrogen-bond acceptors (Lipinski definition) is 4. The highest BCUT2D eigenvalue weighted by Crippen LogP contribution is 2.22. The van der Waals surface area contributed by atoms with Crippen LogP contribution in [0.1, 0.15) is 18.2 Å². The number of aromatic nitrogens is 3. The van der Waals surface area contributed by atoms with Crippen molar-refractivity contribution >= 4 is 33.2 Å². The predicted molar refractivity (Wildman–Crippen MR) is 80.9 cm³/mol. The van der Waals surface area contributed by atoms with Gasteiger partial charge in [-0.15, -0.1) is 0 Å². The Bertz CT molecular complexity index is 759. The SMILES string of the molecule is CCc1nn(C)cc1CNS(=O)(=O)c1cnc(Cl)c(Cl)c1. The van der Waals surface area contributed by atoms with Gasteiger partial charge in [-0.2, -0.15) is 5.10 Å². The summed E-state index contributed by atoms with van der Waals surface area (Å²) in [5.41, 5.74) is 1.68. The van der Waals surface area contributed by atoms with E-state index in [0.717, 1.165) is 17.7 Å². The van der Waals surface area contributed by atoms with Crippen LogP contribution in [0.4, 0.5) is 0 Å². The summed E-state index contributed by atoms with van der Waals surface area (Å²) >= 11 is 11.5. The molecule has 0 amide bonds. The van der Waals surface area contributed by atoms with E-state index in [9.17, 15) is 8.42 Å². The van der Waals surface area contributed by atoms with Crippen molar-refractivity contribution in [2.24, 2.45) is 7.05 Å². The lowest BCUT2D eigenvalue weighted by Crippen LogP contribution is -2.23. The molecule has 0 fully saturated rings. The molecule has 2 aromatic heterocycles. The van der Waals surface area contributed by atoms with E-state index in [1.807, 2.05) is 6.92 Å². The average Bonchev–Trinajstić information content (AvgIpc) is 2.80. The van der Waals surface area contributed by atoms with Gasteiger partial charge < -0.3 is 0 Å². The van der Waals surface area contributed by atoms with Crippen LogP contribution in [-0.2, 0) is 30.0 Å². The molecule has 0 atom stereocenters. The summed E-state index contributed by atoms with van der Waals surface area (Å²) in [6.07, 6.45) is 3.68. The van der Waals surface area contributed by atoms with Crippen LogP contribution in [0.2, 0.25) is 10.2 Å². The van der Waals surface area contributed by atoms with Crippen molar-refractivity contribution in [3.63, 3.8) is 0 Å². The van der Waals surface area contributed by atoms with Gasteiger partial charge in [0.05, 0.1) is 10.7 Å². The fourth-order valence-corrected chi connectivity index (χ4v) is 3.15. The molecule has 21 heavy (non-hydrogen) atoms. The molecule has 0 saturated heterocycles. The van der Waals surface area contributed by atoms with E-state index in [0.29, 0.717) is 0 Å². The molecule has 1 N–H and O–H groups in total. The Morgan fingerprint density at radius 1 is 1.38 bits per heavy atom. The number of aryl methyl sites for hydroxylation is 2. The highest BCUT2D eigenvalue weighted by atomic mass is 35.5. The van der Waals surface area contributed by atoms with Crippen LogP contribution < -0.4 is 4.72 Å². The Labute approximate surface area is 133 Å². The Kier molecular flexibility index (Phi) is 4.88. The summed E-state index contributed by atoms with van der Waals surface area (Å²) in [6, 6.07) is 1.27. The third-order valence-corrected chi connectivity index (χ3v) is 4.92. The lowest BCUT2D eigenvalue weighted by Gasteiger charge is -2.07. The van der Waals surface area contributed by atoms with E-state index >= 15 is 0 Å². The molecule has 0 spiro atoms. The second-order valence-corrected chi connectivity index (χ2v) is 6.93. The summed E-state index contributed by atoms with van der Waals surface area (Å²) in [7, 11) is -1.91. The quantitative estimate of drug-likeness (QED) is 0.840. The van der Waals surface area contributed by atoms with Gasteiger partial charge in [0.2, 0.25) is 10.0 Å². The molecule has 0 saturated carbocycles. The Hall–Kier alpha value is -1.15. The van der Waals surface area contributed by atoms with Gasteiger partial charge in [0.1, 0.15) is 10.0 Å². The highest BCUT2D eigenvalue weighted by Gasteiger charge is 2.17. The molecule has 0 bridgehead atoms. The maximum Gasteiger partial charge on any atom is 0.242 e. The maximum absolute atomic E-state index is 12.2. The standard InChI is InChI=1S/C12H14Cl2N4O2S/c1-3-11-8(7-18(2)17-11)5-16-21(19,20)9-4-10(13)12(14)15-6-9/h4,6-7,16H,3,5H2,1-2H3. The number of rotatable bonds is 5. The van der Waals surface area contributed by atoms with Crippen molar-refractivity contribution in [1.29, 1.82) is 0 Å². The lowest BCUT2D eigenvalue weighted by atomic mass is 10.2. The number of nitrogens with zero attached hydrogens (tertiary/aromatic N) is 3. The molecule has 6 nitrogen and oxygen atoms in total. The van der Waals surface area contributed by atoms with E-state index in [1.54, 1.807) is 17.9 Å². The van der Waals surface area contributed by atoms with Gasteiger partial charge in [0.15, 0.2) is 0 Å². The first-order valence-electron chi connectivity index (χ1n) is 6.15. The number of sulfonamides is 1. The first kappa shape index (κ1) is 16.2. The van der Waals surface area contributed by atoms with Crippen LogP contribution >= 0.6 is 23.2 Å². The third-order valence-electron chi connectivity index (χ3n) is 2.86. The van der Waals surface area contributed by atoms with Crippen LogP contribution in [-0.4, -0.2) is 23.2 Å². The molecule has 2 aromatic rings. The molecule has 0 aliphatic carbocycles. The molecular weight excluding hydrogens is 335 g/mol. The Balaban J connectivity index is 2.19. The zero-order valence-corrected chi connectivity index (χ0v) is 13.8. The van der Waals surface area contributed by atoms with Crippen LogP contribution in [0.5, 0.6) is 0 Å². The molecule has 0 aliphatic rings. The minimum absolute atomic E-state index is 0.0289. The number of pyridine rings is 1. The monoisotopic (exact) mass is 348 g/mol. The summed E-state index contributed by atoms with van der Waals surface area (Å²) in [5, 5.41) is 4.42. The number of halogens is 2. The molecule has 114 valence electrons. The second kappa shape index (κ2) is 6.31. The topological polar surface area (TPSA) is 76.9 Å². The smallest absolute Gasteiger partial charge is 0.242 e. The largest absolute Gasteiger partial charge is 0.275 e. The van der Waals surface area contributed by atoms with Gasteiger partial charge in [-0.05, 0) is 12.5 Å². The van der Waals surface area contributed by atoms with Crippen molar-refractivity contribution in [3.8, 4) is 0 Å². The maximum atomic E-state index is 12.2. The first-order valence-corrected chi connectivity index (χ1v) is 8.39. The van der Waals surface area contributed by atoms with Crippen molar-refractivity contribution in [3.05, 3.63) is 39.9 Å². The van der Waals surface area contributed by atoms with Crippen molar-refractivity contribution in [2.45, 2.75) is 24.8 Å². The molecule has 2 heterocycles. The van der Waals surface area contributed by atoms with Gasteiger partial charge in [-0.25, -0.2) is 18.1 Å². The molecule has 0 unspecified atom stereocenters. The number of hydrogen-bond donors (Lipinski definition) is 1. The van der Waals surface area contributed by atoms with Crippen LogP contribution in [0.15, 0.2) is 23.4 Å². The van der Waals surface area contributed by atoms with Crippen molar-refractivity contribution in [2.75, 3.05) is 0 Å². The van der Waals surface area contributed by atoms with Gasteiger partial charge in [0, 0.05) is 31.5 Å². The van der Waals surface area contributed by atoms with Crippen molar-refractivity contribution < 1.29 is 8.42 Å². The van der Waals surface area contributed by atoms with E-state index in [2.05, 4.69) is 14.8 Å². The summed E-state index contributed by atoms with van der Waals surface area (Å²) in [4.78, 5) is 3.71. The van der Waals surface area contributed by atoms with E-state index in [4.69, 9.17) is 23.2 Å². The molecule has 0 aromatic carbocycles. The first-order chi connectivity index (χ1) is 9.83. The van der Waals surface area contributed by atoms with Crippen LogP contribution in [0.25, 0.3) is 0 Å². The van der Waals surface area contributed by atoms with Gasteiger partial charge >= 0.3 is 0 Å². The molecule has 0 aliphatic heterocycles. The number of nitrogens with one attached hydrogen (secondary N) is 1.